The molecule has 1 aliphatic carbocycles. The van der Waals surface area contributed by atoms with Crippen molar-refractivity contribution in [3.63, 3.8) is 0 Å². The molecule has 1 saturated carbocycles. The van der Waals surface area contributed by atoms with Crippen LogP contribution in [-0.4, -0.2) is 23.0 Å². The molecule has 0 saturated heterocycles. The Kier molecular flexibility index (Phi) is 8.31. The number of hydrogen-bond acceptors (Lipinski definition) is 2. The molecule has 2 atom stereocenters. The molecule has 0 heterocycles. The van der Waals surface area contributed by atoms with Gasteiger partial charge >= 0.3 is 0 Å². The maximum absolute atomic E-state index is 5.23. The van der Waals surface area contributed by atoms with E-state index in [1.807, 2.05) is 0 Å². The van der Waals surface area contributed by atoms with Crippen LogP contribution in [0.25, 0.3) is 0 Å². The number of aliphatic imine (C=N–C) groups is 1. The van der Waals surface area contributed by atoms with Gasteiger partial charge in [-0.3, -0.25) is 4.99 Å². The van der Waals surface area contributed by atoms with Crippen molar-refractivity contribution in [1.29, 1.82) is 0 Å². The van der Waals surface area contributed by atoms with Gasteiger partial charge in [0.25, 0.3) is 0 Å². The lowest BCUT2D eigenvalue weighted by molar-refractivity contribution is 0.151. The van der Waals surface area contributed by atoms with Crippen LogP contribution in [0, 0.1) is 17.8 Å². The predicted molar refractivity (Wildman–Crippen MR) is 103 cm³/mol. The summed E-state index contributed by atoms with van der Waals surface area (Å²) in [5.74, 6) is 2.44. The fourth-order valence-corrected chi connectivity index (χ4v) is 4.23. The van der Waals surface area contributed by atoms with Gasteiger partial charge in [-0.15, -0.1) is 0 Å². The van der Waals surface area contributed by atoms with Gasteiger partial charge < -0.3 is 5.32 Å². The summed E-state index contributed by atoms with van der Waals surface area (Å²) in [5.41, 5.74) is 0.131. The van der Waals surface area contributed by atoms with Crippen LogP contribution in [0.1, 0.15) is 80.1 Å². The highest BCUT2D eigenvalue weighted by Crippen LogP contribution is 2.40. The van der Waals surface area contributed by atoms with E-state index in [-0.39, 0.29) is 5.54 Å². The first-order valence-electron chi connectivity index (χ1n) is 9.30. The molecule has 1 fully saturated rings. The zero-order valence-corrected chi connectivity index (χ0v) is 16.7. The van der Waals surface area contributed by atoms with Crippen LogP contribution in [0.15, 0.2) is 4.99 Å². The Morgan fingerprint density at radius 3 is 1.95 bits per heavy atom. The second-order valence-electron chi connectivity index (χ2n) is 7.57. The Bertz CT molecular complexity index is 337. The molecule has 0 amide bonds. The average molecular weight is 327 g/mol. The largest absolute Gasteiger partial charge is 0.360 e. The van der Waals surface area contributed by atoms with E-state index >= 15 is 0 Å². The van der Waals surface area contributed by atoms with E-state index in [9.17, 15) is 0 Å². The summed E-state index contributed by atoms with van der Waals surface area (Å²) in [6, 6.07) is 0.514. The van der Waals surface area contributed by atoms with Crippen molar-refractivity contribution in [2.75, 3.05) is 6.26 Å². The summed E-state index contributed by atoms with van der Waals surface area (Å²) < 4.78 is 0. The van der Waals surface area contributed by atoms with Crippen molar-refractivity contribution < 1.29 is 0 Å². The van der Waals surface area contributed by atoms with Gasteiger partial charge in [0.1, 0.15) is 0 Å². The minimum atomic E-state index is 0.131. The van der Waals surface area contributed by atoms with Crippen molar-refractivity contribution in [3.05, 3.63) is 0 Å². The van der Waals surface area contributed by atoms with Crippen LogP contribution in [0.4, 0.5) is 0 Å². The molecule has 0 bridgehead atoms. The molecular formula is C19H38N2S. The number of nitrogens with one attached hydrogen (secondary N) is 1. The molecule has 0 aromatic heterocycles. The van der Waals surface area contributed by atoms with Crippen LogP contribution in [0.2, 0.25) is 0 Å². The smallest absolute Gasteiger partial charge is 0.156 e. The molecule has 2 nitrogen and oxygen atoms in total. The zero-order valence-electron chi connectivity index (χ0n) is 15.9. The highest BCUT2D eigenvalue weighted by Gasteiger charge is 2.35. The zero-order chi connectivity index (χ0) is 16.8. The molecule has 1 N–H and O–H groups in total. The average Bonchev–Trinajstić information content (AvgIpc) is 2.53. The lowest BCUT2D eigenvalue weighted by Crippen LogP contribution is -2.43. The van der Waals surface area contributed by atoms with Gasteiger partial charge in [-0.05, 0) is 57.1 Å². The Morgan fingerprint density at radius 1 is 1.05 bits per heavy atom. The summed E-state index contributed by atoms with van der Waals surface area (Å²) in [6.45, 7) is 13.8. The third kappa shape index (κ3) is 5.47. The number of hydrogen-bond donors (Lipinski definition) is 1. The van der Waals surface area contributed by atoms with Crippen LogP contribution in [0.5, 0.6) is 0 Å². The molecule has 3 heteroatoms. The van der Waals surface area contributed by atoms with Gasteiger partial charge in [0.15, 0.2) is 5.17 Å². The van der Waals surface area contributed by atoms with Crippen LogP contribution >= 0.6 is 11.8 Å². The minimum Gasteiger partial charge on any atom is -0.360 e. The molecule has 130 valence electrons. The molecule has 0 aromatic carbocycles. The monoisotopic (exact) mass is 326 g/mol. The normalized spacial score (nSPS) is 30.4. The second-order valence-corrected chi connectivity index (χ2v) is 8.37. The Balaban J connectivity index is 2.94. The topological polar surface area (TPSA) is 24.4 Å². The number of amidine groups is 1. The van der Waals surface area contributed by atoms with Crippen molar-refractivity contribution in [1.82, 2.24) is 5.32 Å². The van der Waals surface area contributed by atoms with Gasteiger partial charge in [0, 0.05) is 5.54 Å². The molecule has 1 aliphatic rings. The van der Waals surface area contributed by atoms with Crippen molar-refractivity contribution in [2.45, 2.75) is 91.6 Å². The van der Waals surface area contributed by atoms with Gasteiger partial charge in [-0.2, -0.15) is 0 Å². The van der Waals surface area contributed by atoms with Crippen molar-refractivity contribution in [2.24, 2.45) is 22.7 Å². The lowest BCUT2D eigenvalue weighted by Gasteiger charge is -2.40. The number of nitrogens with zero attached hydrogens (tertiary/aromatic N) is 1. The Labute approximate surface area is 143 Å². The summed E-state index contributed by atoms with van der Waals surface area (Å²) in [4.78, 5) is 5.23. The predicted octanol–water partition coefficient (Wildman–Crippen LogP) is 5.72. The van der Waals surface area contributed by atoms with Crippen molar-refractivity contribution in [3.8, 4) is 0 Å². The Hall–Kier alpha value is -0.180. The maximum atomic E-state index is 5.23. The SMILES string of the molecule is CCC1CC(CC)C(N=C(NC(C)(C)CC)SC)C(CC)C1. The summed E-state index contributed by atoms with van der Waals surface area (Å²) in [6.07, 6.45) is 9.87. The van der Waals surface area contributed by atoms with E-state index in [4.69, 9.17) is 4.99 Å². The summed E-state index contributed by atoms with van der Waals surface area (Å²) in [5, 5.41) is 4.81. The van der Waals surface area contributed by atoms with E-state index in [0.29, 0.717) is 6.04 Å². The van der Waals surface area contributed by atoms with Crippen LogP contribution in [-0.2, 0) is 0 Å². The summed E-state index contributed by atoms with van der Waals surface area (Å²) >= 11 is 1.78. The number of rotatable bonds is 6. The van der Waals surface area contributed by atoms with E-state index in [0.717, 1.165) is 29.3 Å². The number of thioether (sulfide) groups is 1. The molecule has 2 unspecified atom stereocenters. The summed E-state index contributed by atoms with van der Waals surface area (Å²) in [7, 11) is 0. The lowest BCUT2D eigenvalue weighted by atomic mass is 9.69. The Morgan fingerprint density at radius 2 is 1.59 bits per heavy atom. The van der Waals surface area contributed by atoms with Crippen LogP contribution in [0.3, 0.4) is 0 Å². The molecule has 1 rings (SSSR count). The first-order valence-corrected chi connectivity index (χ1v) is 10.5. The van der Waals surface area contributed by atoms with Crippen molar-refractivity contribution >= 4 is 16.9 Å². The van der Waals surface area contributed by atoms with E-state index < -0.39 is 0 Å². The second kappa shape index (κ2) is 9.20. The first kappa shape index (κ1) is 19.9. The van der Waals surface area contributed by atoms with E-state index in [1.165, 1.54) is 32.1 Å². The van der Waals surface area contributed by atoms with Crippen LogP contribution < -0.4 is 5.32 Å². The fourth-order valence-electron chi connectivity index (χ4n) is 3.63. The van der Waals surface area contributed by atoms with E-state index in [2.05, 4.69) is 53.1 Å². The maximum Gasteiger partial charge on any atom is 0.156 e. The minimum absolute atomic E-state index is 0.131. The molecule has 0 aliphatic heterocycles. The molecule has 0 spiro atoms. The molecule has 22 heavy (non-hydrogen) atoms. The third-order valence-corrected chi connectivity index (χ3v) is 6.25. The highest BCUT2D eigenvalue weighted by atomic mass is 32.2. The quantitative estimate of drug-likeness (QED) is 0.498. The molecule has 0 radical (unpaired) electrons. The fraction of sp³-hybridized carbons (Fsp3) is 0.947. The third-order valence-electron chi connectivity index (χ3n) is 5.65. The highest BCUT2D eigenvalue weighted by molar-refractivity contribution is 8.13. The van der Waals surface area contributed by atoms with E-state index in [1.54, 1.807) is 11.8 Å². The first-order chi connectivity index (χ1) is 10.4. The van der Waals surface area contributed by atoms with Gasteiger partial charge in [-0.1, -0.05) is 58.7 Å². The standard InChI is InChI=1S/C19H38N2S/c1-8-14-12-15(9-2)17(16(10-3)13-14)20-18(22-7)21-19(5,6)11-4/h14-17H,8-13H2,1-7H3,(H,20,21). The molecular weight excluding hydrogens is 288 g/mol. The molecule has 0 aromatic rings. The van der Waals surface area contributed by atoms with Gasteiger partial charge in [-0.25, -0.2) is 0 Å². The van der Waals surface area contributed by atoms with Gasteiger partial charge in [0.2, 0.25) is 0 Å². The van der Waals surface area contributed by atoms with Gasteiger partial charge in [0.05, 0.1) is 6.04 Å².